The molecule has 1 unspecified atom stereocenters. The van der Waals surface area contributed by atoms with Gasteiger partial charge in [-0.2, -0.15) is 0 Å². The van der Waals surface area contributed by atoms with Crippen LogP contribution in [0.1, 0.15) is 43.6 Å². The molecule has 0 radical (unpaired) electrons. The van der Waals surface area contributed by atoms with E-state index in [4.69, 9.17) is 5.73 Å². The zero-order valence-corrected chi connectivity index (χ0v) is 15.1. The highest BCUT2D eigenvalue weighted by atomic mass is 35.5. The van der Waals surface area contributed by atoms with Crippen molar-refractivity contribution in [1.82, 2.24) is 10.6 Å². The Balaban J connectivity index is 0.00000484. The Kier molecular flexibility index (Phi) is 8.87. The molecule has 130 valence electrons. The number of hydrogen-bond acceptors (Lipinski definition) is 3. The van der Waals surface area contributed by atoms with Crippen molar-refractivity contribution in [2.24, 2.45) is 17.1 Å². The second-order valence-corrected chi connectivity index (χ2v) is 6.68. The third-order valence-electron chi connectivity index (χ3n) is 3.36. The van der Waals surface area contributed by atoms with Gasteiger partial charge in [0.05, 0.1) is 0 Å². The minimum Gasteiger partial charge on any atom is -0.352 e. The van der Waals surface area contributed by atoms with Crippen molar-refractivity contribution in [3.63, 3.8) is 0 Å². The molecule has 2 amide bonds. The molecule has 0 fully saturated rings. The van der Waals surface area contributed by atoms with Crippen LogP contribution in [0.4, 0.5) is 0 Å². The summed E-state index contributed by atoms with van der Waals surface area (Å²) in [5.41, 5.74) is 6.69. The lowest BCUT2D eigenvalue weighted by Gasteiger charge is -2.17. The summed E-state index contributed by atoms with van der Waals surface area (Å²) < 4.78 is 0. The van der Waals surface area contributed by atoms with Crippen LogP contribution < -0.4 is 16.4 Å². The van der Waals surface area contributed by atoms with Gasteiger partial charge in [0.15, 0.2) is 0 Å². The monoisotopic (exact) mass is 341 g/mol. The van der Waals surface area contributed by atoms with Crippen LogP contribution in [-0.2, 0) is 11.3 Å². The average Bonchev–Trinajstić information content (AvgIpc) is 2.49. The number of nitrogens with one attached hydrogen (secondary N) is 2. The van der Waals surface area contributed by atoms with Gasteiger partial charge in [-0.05, 0) is 30.2 Å². The summed E-state index contributed by atoms with van der Waals surface area (Å²) in [6, 6.07) is 7.23. The highest BCUT2D eigenvalue weighted by Gasteiger charge is 2.20. The predicted molar refractivity (Wildman–Crippen MR) is 95.5 cm³/mol. The molecule has 1 rings (SSSR count). The molecule has 5 nitrogen and oxygen atoms in total. The van der Waals surface area contributed by atoms with E-state index in [-0.39, 0.29) is 30.1 Å². The summed E-state index contributed by atoms with van der Waals surface area (Å²) in [6.07, 6.45) is 0. The summed E-state index contributed by atoms with van der Waals surface area (Å²) in [5, 5.41) is 5.73. The van der Waals surface area contributed by atoms with Gasteiger partial charge in [-0.3, -0.25) is 9.59 Å². The zero-order valence-electron chi connectivity index (χ0n) is 14.3. The van der Waals surface area contributed by atoms with E-state index in [2.05, 4.69) is 10.6 Å². The number of halogens is 1. The molecule has 1 aromatic rings. The molecule has 6 heteroatoms. The van der Waals surface area contributed by atoms with Crippen LogP contribution in [0.2, 0.25) is 0 Å². The molecular weight excluding hydrogens is 314 g/mol. The average molecular weight is 342 g/mol. The smallest absolute Gasteiger partial charge is 0.251 e. The van der Waals surface area contributed by atoms with Gasteiger partial charge in [-0.1, -0.05) is 39.8 Å². The van der Waals surface area contributed by atoms with Crippen LogP contribution >= 0.6 is 12.4 Å². The maximum Gasteiger partial charge on any atom is 0.251 e. The summed E-state index contributed by atoms with van der Waals surface area (Å²) in [6.45, 7) is 9.18. The second kappa shape index (κ2) is 9.53. The zero-order chi connectivity index (χ0) is 16.8. The summed E-state index contributed by atoms with van der Waals surface area (Å²) in [4.78, 5) is 23.8. The number of carbonyl (C=O) groups is 2. The van der Waals surface area contributed by atoms with Crippen molar-refractivity contribution in [3.05, 3.63) is 35.4 Å². The molecule has 0 aliphatic heterocycles. The quantitative estimate of drug-likeness (QED) is 0.740. The molecule has 0 saturated carbocycles. The van der Waals surface area contributed by atoms with Crippen molar-refractivity contribution in [3.8, 4) is 0 Å². The SMILES string of the molecule is CC(CN)CNC(=O)c1ccc(CNC(=O)C(C)(C)C)cc1.Cl. The van der Waals surface area contributed by atoms with E-state index in [1.807, 2.05) is 39.8 Å². The van der Waals surface area contributed by atoms with Crippen LogP contribution in [0, 0.1) is 11.3 Å². The maximum atomic E-state index is 12.0. The molecule has 0 aliphatic carbocycles. The fraction of sp³-hybridized carbons (Fsp3) is 0.529. The van der Waals surface area contributed by atoms with Crippen LogP contribution in [0.15, 0.2) is 24.3 Å². The van der Waals surface area contributed by atoms with E-state index >= 15 is 0 Å². The largest absolute Gasteiger partial charge is 0.352 e. The first-order chi connectivity index (χ1) is 10.2. The predicted octanol–water partition coefficient (Wildman–Crippen LogP) is 2.10. The Hall–Kier alpha value is -1.59. The van der Waals surface area contributed by atoms with Crippen molar-refractivity contribution in [2.45, 2.75) is 34.2 Å². The van der Waals surface area contributed by atoms with Crippen molar-refractivity contribution >= 4 is 24.2 Å². The Morgan fingerprint density at radius 3 is 2.17 bits per heavy atom. The first-order valence-corrected chi connectivity index (χ1v) is 7.59. The lowest BCUT2D eigenvalue weighted by Crippen LogP contribution is -2.34. The first-order valence-electron chi connectivity index (χ1n) is 7.59. The Labute approximate surface area is 144 Å². The third kappa shape index (κ3) is 7.48. The Morgan fingerprint density at radius 2 is 1.70 bits per heavy atom. The lowest BCUT2D eigenvalue weighted by atomic mass is 9.95. The van der Waals surface area contributed by atoms with E-state index in [0.717, 1.165) is 5.56 Å². The van der Waals surface area contributed by atoms with Crippen LogP contribution in [0.5, 0.6) is 0 Å². The van der Waals surface area contributed by atoms with E-state index in [1.54, 1.807) is 12.1 Å². The molecule has 0 spiro atoms. The van der Waals surface area contributed by atoms with E-state index in [0.29, 0.717) is 25.2 Å². The number of amides is 2. The molecule has 1 aromatic carbocycles. The number of carbonyl (C=O) groups excluding carboxylic acids is 2. The lowest BCUT2D eigenvalue weighted by molar-refractivity contribution is -0.128. The molecule has 4 N–H and O–H groups in total. The molecule has 23 heavy (non-hydrogen) atoms. The molecular formula is C17H28ClN3O2. The number of hydrogen-bond donors (Lipinski definition) is 3. The number of rotatable bonds is 6. The Morgan fingerprint density at radius 1 is 1.13 bits per heavy atom. The van der Waals surface area contributed by atoms with Gasteiger partial charge < -0.3 is 16.4 Å². The van der Waals surface area contributed by atoms with Crippen molar-refractivity contribution < 1.29 is 9.59 Å². The molecule has 0 aromatic heterocycles. The van der Waals surface area contributed by atoms with Crippen molar-refractivity contribution in [1.29, 1.82) is 0 Å². The van der Waals surface area contributed by atoms with Crippen LogP contribution in [-0.4, -0.2) is 24.9 Å². The molecule has 1 atom stereocenters. The molecule has 0 bridgehead atoms. The van der Waals surface area contributed by atoms with Gasteiger partial charge in [0.2, 0.25) is 5.91 Å². The second-order valence-electron chi connectivity index (χ2n) is 6.68. The van der Waals surface area contributed by atoms with Gasteiger partial charge in [0.1, 0.15) is 0 Å². The fourth-order valence-corrected chi connectivity index (χ4v) is 1.67. The fourth-order valence-electron chi connectivity index (χ4n) is 1.67. The minimum atomic E-state index is -0.403. The normalized spacial score (nSPS) is 12.0. The van der Waals surface area contributed by atoms with E-state index < -0.39 is 5.41 Å². The Bertz CT molecular complexity index is 510. The first kappa shape index (κ1) is 21.4. The van der Waals surface area contributed by atoms with Crippen molar-refractivity contribution in [2.75, 3.05) is 13.1 Å². The topological polar surface area (TPSA) is 84.2 Å². The van der Waals surface area contributed by atoms with Gasteiger partial charge >= 0.3 is 0 Å². The maximum absolute atomic E-state index is 12.0. The molecule has 0 saturated heterocycles. The van der Waals surface area contributed by atoms with Gasteiger partial charge in [0.25, 0.3) is 5.91 Å². The highest BCUT2D eigenvalue weighted by molar-refractivity contribution is 5.94. The minimum absolute atomic E-state index is 0. The molecule has 0 aliphatic rings. The highest BCUT2D eigenvalue weighted by Crippen LogP contribution is 2.13. The van der Waals surface area contributed by atoms with Gasteiger partial charge in [-0.15, -0.1) is 12.4 Å². The molecule has 0 heterocycles. The summed E-state index contributed by atoms with van der Waals surface area (Å²) >= 11 is 0. The third-order valence-corrected chi connectivity index (χ3v) is 3.36. The summed E-state index contributed by atoms with van der Waals surface area (Å²) in [5.74, 6) is 0.159. The standard InChI is InChI=1S/C17H27N3O2.ClH/c1-12(9-18)10-19-15(21)14-7-5-13(6-8-14)11-20-16(22)17(2,3)4;/h5-8,12H,9-11,18H2,1-4H3,(H,19,21)(H,20,22);1H. The van der Waals surface area contributed by atoms with E-state index in [9.17, 15) is 9.59 Å². The van der Waals surface area contributed by atoms with Gasteiger partial charge in [-0.25, -0.2) is 0 Å². The van der Waals surface area contributed by atoms with Crippen LogP contribution in [0.3, 0.4) is 0 Å². The number of benzene rings is 1. The van der Waals surface area contributed by atoms with E-state index in [1.165, 1.54) is 0 Å². The van der Waals surface area contributed by atoms with Gasteiger partial charge in [0, 0.05) is 24.1 Å². The van der Waals surface area contributed by atoms with Crippen LogP contribution in [0.25, 0.3) is 0 Å². The number of nitrogens with two attached hydrogens (primary N) is 1. The summed E-state index contributed by atoms with van der Waals surface area (Å²) in [7, 11) is 0.